The molecule has 2 aromatic heterocycles. The van der Waals surface area contributed by atoms with Crippen LogP contribution in [0.4, 0.5) is 0 Å². The van der Waals surface area contributed by atoms with Crippen LogP contribution in [0.5, 0.6) is 0 Å². The molecular formula is C19H18N2OS3. The molecule has 0 spiro atoms. The van der Waals surface area contributed by atoms with Crippen molar-refractivity contribution in [3.8, 4) is 0 Å². The van der Waals surface area contributed by atoms with E-state index in [1.165, 1.54) is 28.7 Å². The van der Waals surface area contributed by atoms with E-state index < -0.39 is 0 Å². The number of aryl methyl sites for hydroxylation is 2. The Bertz CT molecular complexity index is 921. The van der Waals surface area contributed by atoms with Crippen molar-refractivity contribution in [3.05, 3.63) is 46.3 Å². The molecule has 0 radical (unpaired) electrons. The summed E-state index contributed by atoms with van der Waals surface area (Å²) in [4.78, 5) is 24.5. The highest BCUT2D eigenvalue weighted by atomic mass is 32.2. The van der Waals surface area contributed by atoms with Crippen molar-refractivity contribution in [1.29, 1.82) is 0 Å². The highest BCUT2D eigenvalue weighted by Crippen LogP contribution is 2.40. The quantitative estimate of drug-likeness (QED) is 0.259. The monoisotopic (exact) mass is 386 g/mol. The Balaban J connectivity index is 1.68. The molecule has 2 heterocycles. The van der Waals surface area contributed by atoms with Crippen molar-refractivity contribution in [2.24, 2.45) is 0 Å². The second-order valence-electron chi connectivity index (χ2n) is 5.98. The number of rotatable bonds is 5. The number of carbonyl (C=O) groups is 1. The summed E-state index contributed by atoms with van der Waals surface area (Å²) in [5.74, 6) is 0.557. The number of hydrogen-bond acceptors (Lipinski definition) is 6. The van der Waals surface area contributed by atoms with Crippen LogP contribution >= 0.6 is 34.9 Å². The van der Waals surface area contributed by atoms with E-state index in [1.54, 1.807) is 23.5 Å². The molecule has 128 valence electrons. The van der Waals surface area contributed by atoms with Crippen molar-refractivity contribution < 1.29 is 4.79 Å². The minimum Gasteiger partial charge on any atom is -0.293 e. The number of ketones is 1. The lowest BCUT2D eigenvalue weighted by molar-refractivity contribution is 0.102. The summed E-state index contributed by atoms with van der Waals surface area (Å²) in [5, 5.41) is 2.96. The third-order valence-corrected chi connectivity index (χ3v) is 7.09. The van der Waals surface area contributed by atoms with Gasteiger partial charge in [0.15, 0.2) is 10.9 Å². The van der Waals surface area contributed by atoms with Crippen LogP contribution in [0.2, 0.25) is 0 Å². The number of thiophene rings is 1. The zero-order valence-corrected chi connectivity index (χ0v) is 16.4. The number of thioether (sulfide) groups is 2. The average Bonchev–Trinajstić information content (AvgIpc) is 3.05. The van der Waals surface area contributed by atoms with Gasteiger partial charge in [0, 0.05) is 15.8 Å². The van der Waals surface area contributed by atoms with E-state index in [-0.39, 0.29) is 5.78 Å². The zero-order valence-electron chi connectivity index (χ0n) is 13.9. The van der Waals surface area contributed by atoms with Crippen LogP contribution in [0.3, 0.4) is 0 Å². The third kappa shape index (κ3) is 3.48. The normalized spacial score (nSPS) is 13.8. The second-order valence-corrected chi connectivity index (χ2v) is 8.81. The Morgan fingerprint density at radius 3 is 2.76 bits per heavy atom. The Labute approximate surface area is 159 Å². The summed E-state index contributed by atoms with van der Waals surface area (Å²) in [6.07, 6.45) is 6.75. The number of hydrogen-bond donors (Lipinski definition) is 0. The molecule has 4 rings (SSSR count). The van der Waals surface area contributed by atoms with Gasteiger partial charge in [-0.05, 0) is 37.5 Å². The highest BCUT2D eigenvalue weighted by molar-refractivity contribution is 8.00. The van der Waals surface area contributed by atoms with Crippen LogP contribution in [0.25, 0.3) is 10.2 Å². The van der Waals surface area contributed by atoms with Gasteiger partial charge in [-0.15, -0.1) is 11.3 Å². The van der Waals surface area contributed by atoms with Crippen molar-refractivity contribution in [2.45, 2.75) is 35.9 Å². The molecule has 3 nitrogen and oxygen atoms in total. The third-order valence-electron chi connectivity index (χ3n) is 4.38. The Morgan fingerprint density at radius 1 is 1.16 bits per heavy atom. The lowest BCUT2D eigenvalue weighted by Crippen LogP contribution is -2.03. The van der Waals surface area contributed by atoms with Gasteiger partial charge in [0.1, 0.15) is 9.86 Å². The molecule has 0 bridgehead atoms. The van der Waals surface area contributed by atoms with E-state index in [9.17, 15) is 4.79 Å². The molecule has 0 amide bonds. The molecule has 1 aliphatic carbocycles. The van der Waals surface area contributed by atoms with Gasteiger partial charge >= 0.3 is 0 Å². The summed E-state index contributed by atoms with van der Waals surface area (Å²) in [5.41, 5.74) is 2.19. The number of aromatic nitrogens is 2. The number of Topliss-reactive ketones (excluding diaryl/α,β-unsaturated/α-hetero) is 1. The Kier molecular flexibility index (Phi) is 5.10. The Hall–Kier alpha value is -1.37. The molecule has 1 aliphatic rings. The number of nitrogens with zero attached hydrogens (tertiary/aromatic N) is 2. The maximum absolute atomic E-state index is 12.5. The Morgan fingerprint density at radius 2 is 1.96 bits per heavy atom. The van der Waals surface area contributed by atoms with Crippen molar-refractivity contribution in [1.82, 2.24) is 9.97 Å². The van der Waals surface area contributed by atoms with E-state index in [0.717, 1.165) is 33.4 Å². The van der Waals surface area contributed by atoms with Gasteiger partial charge in [0.2, 0.25) is 0 Å². The van der Waals surface area contributed by atoms with Crippen LogP contribution in [-0.2, 0) is 12.8 Å². The maximum Gasteiger partial charge on any atom is 0.189 e. The molecule has 6 heteroatoms. The molecule has 0 atom stereocenters. The number of fused-ring (bicyclic) bond motifs is 3. The van der Waals surface area contributed by atoms with Crippen molar-refractivity contribution >= 4 is 50.9 Å². The first-order valence-corrected chi connectivity index (χ1v) is 11.4. The van der Waals surface area contributed by atoms with Crippen LogP contribution in [0, 0.1) is 0 Å². The number of benzene rings is 1. The largest absolute Gasteiger partial charge is 0.293 e. The van der Waals surface area contributed by atoms with Gasteiger partial charge < -0.3 is 0 Å². The van der Waals surface area contributed by atoms with Gasteiger partial charge in [-0.2, -0.15) is 0 Å². The van der Waals surface area contributed by atoms with Crippen LogP contribution < -0.4 is 0 Å². The SMILES string of the molecule is CSc1nc(SCC(=O)c2ccccc2)c2c3c(sc2n1)CCCC3. The summed E-state index contributed by atoms with van der Waals surface area (Å²) < 4.78 is 0. The van der Waals surface area contributed by atoms with Crippen LogP contribution in [0.15, 0.2) is 40.5 Å². The minimum atomic E-state index is 0.146. The highest BCUT2D eigenvalue weighted by Gasteiger charge is 2.21. The number of carbonyl (C=O) groups excluding carboxylic acids is 1. The molecule has 0 fully saturated rings. The fraction of sp³-hybridized carbons (Fsp3) is 0.316. The molecule has 0 N–H and O–H groups in total. The fourth-order valence-corrected chi connectivity index (χ4v) is 5.90. The summed E-state index contributed by atoms with van der Waals surface area (Å²) in [7, 11) is 0. The van der Waals surface area contributed by atoms with E-state index in [2.05, 4.69) is 0 Å². The van der Waals surface area contributed by atoms with Gasteiger partial charge in [-0.1, -0.05) is 53.9 Å². The summed E-state index contributed by atoms with van der Waals surface area (Å²) in [6, 6.07) is 9.49. The lowest BCUT2D eigenvalue weighted by atomic mass is 9.97. The molecule has 0 saturated carbocycles. The molecule has 0 aliphatic heterocycles. The summed E-state index contributed by atoms with van der Waals surface area (Å²) in [6.45, 7) is 0. The molecule has 3 aromatic rings. The van der Waals surface area contributed by atoms with Gasteiger partial charge in [-0.25, -0.2) is 9.97 Å². The van der Waals surface area contributed by atoms with Crippen molar-refractivity contribution in [3.63, 3.8) is 0 Å². The zero-order chi connectivity index (χ0) is 17.2. The molecule has 0 unspecified atom stereocenters. The molecular weight excluding hydrogens is 368 g/mol. The maximum atomic E-state index is 12.5. The molecule has 0 saturated heterocycles. The molecule has 1 aromatic carbocycles. The van der Waals surface area contributed by atoms with E-state index in [0.29, 0.717) is 5.75 Å². The minimum absolute atomic E-state index is 0.146. The summed E-state index contributed by atoms with van der Waals surface area (Å²) >= 11 is 4.92. The lowest BCUT2D eigenvalue weighted by Gasteiger charge is -2.11. The van der Waals surface area contributed by atoms with E-state index in [4.69, 9.17) is 9.97 Å². The van der Waals surface area contributed by atoms with Gasteiger partial charge in [0.25, 0.3) is 0 Å². The molecule has 25 heavy (non-hydrogen) atoms. The predicted molar refractivity (Wildman–Crippen MR) is 107 cm³/mol. The first kappa shape index (κ1) is 17.1. The van der Waals surface area contributed by atoms with E-state index >= 15 is 0 Å². The van der Waals surface area contributed by atoms with Crippen molar-refractivity contribution in [2.75, 3.05) is 12.0 Å². The first-order chi connectivity index (χ1) is 12.3. The standard InChI is InChI=1S/C19H18N2OS3/c1-23-19-20-17(24-11-14(22)12-7-3-2-4-8-12)16-13-9-5-6-10-15(13)25-18(16)21-19/h2-4,7-8H,5-6,9-11H2,1H3. The topological polar surface area (TPSA) is 42.9 Å². The first-order valence-electron chi connectivity index (χ1n) is 8.33. The van der Waals surface area contributed by atoms with Crippen LogP contribution in [-0.4, -0.2) is 27.8 Å². The average molecular weight is 387 g/mol. The predicted octanol–water partition coefficient (Wildman–Crippen LogP) is 5.27. The van der Waals surface area contributed by atoms with Gasteiger partial charge in [-0.3, -0.25) is 4.79 Å². The van der Waals surface area contributed by atoms with Gasteiger partial charge in [0.05, 0.1) is 5.75 Å². The van der Waals surface area contributed by atoms with Crippen LogP contribution in [0.1, 0.15) is 33.6 Å². The smallest absolute Gasteiger partial charge is 0.189 e. The second kappa shape index (κ2) is 7.48. The van der Waals surface area contributed by atoms with E-state index in [1.807, 2.05) is 47.9 Å². The fourth-order valence-electron chi connectivity index (χ4n) is 3.14.